The van der Waals surface area contributed by atoms with Crippen LogP contribution in [0.5, 0.6) is 5.75 Å². The maximum absolute atomic E-state index is 5.35. The van der Waals surface area contributed by atoms with Crippen molar-refractivity contribution in [1.82, 2.24) is 0 Å². The third-order valence-electron chi connectivity index (χ3n) is 2.38. The molecule has 1 aromatic carbocycles. The van der Waals surface area contributed by atoms with Crippen molar-refractivity contribution in [2.75, 3.05) is 7.11 Å². The third kappa shape index (κ3) is 2.76. The van der Waals surface area contributed by atoms with E-state index >= 15 is 0 Å². The van der Waals surface area contributed by atoms with Crippen LogP contribution in [-0.2, 0) is 12.8 Å². The summed E-state index contributed by atoms with van der Waals surface area (Å²) in [5.74, 6) is 1.70. The molecular formula is C13H20O. The van der Waals surface area contributed by atoms with Crippen LogP contribution >= 0.6 is 0 Å². The molecule has 0 fully saturated rings. The van der Waals surface area contributed by atoms with Gasteiger partial charge in [-0.3, -0.25) is 0 Å². The molecule has 0 spiro atoms. The number of benzene rings is 1. The third-order valence-corrected chi connectivity index (χ3v) is 2.38. The van der Waals surface area contributed by atoms with Gasteiger partial charge in [-0.15, -0.1) is 0 Å². The van der Waals surface area contributed by atoms with Gasteiger partial charge in [0.15, 0.2) is 0 Å². The van der Waals surface area contributed by atoms with Crippen LogP contribution in [0.2, 0.25) is 0 Å². The van der Waals surface area contributed by atoms with Crippen LogP contribution in [0.1, 0.15) is 31.9 Å². The molecule has 0 aliphatic rings. The number of aryl methyl sites for hydroxylation is 1. The molecule has 0 amide bonds. The minimum absolute atomic E-state index is 0.677. The fourth-order valence-electron chi connectivity index (χ4n) is 1.65. The lowest BCUT2D eigenvalue weighted by Gasteiger charge is -2.11. The fourth-order valence-corrected chi connectivity index (χ4v) is 1.65. The molecule has 0 atom stereocenters. The molecule has 0 saturated heterocycles. The Morgan fingerprint density at radius 2 is 2.00 bits per heavy atom. The molecule has 0 radical (unpaired) electrons. The first-order chi connectivity index (χ1) is 6.67. The summed E-state index contributed by atoms with van der Waals surface area (Å²) >= 11 is 0. The maximum Gasteiger partial charge on any atom is 0.122 e. The van der Waals surface area contributed by atoms with Gasteiger partial charge in [0.25, 0.3) is 0 Å². The topological polar surface area (TPSA) is 9.23 Å². The zero-order valence-electron chi connectivity index (χ0n) is 9.63. The van der Waals surface area contributed by atoms with Crippen molar-refractivity contribution in [2.24, 2.45) is 5.92 Å². The van der Waals surface area contributed by atoms with Crippen LogP contribution in [-0.4, -0.2) is 7.11 Å². The SMILES string of the molecule is CCc1ccc(OC)c(CC(C)C)c1. The summed E-state index contributed by atoms with van der Waals surface area (Å²) in [6, 6.07) is 6.48. The molecule has 0 heterocycles. The van der Waals surface area contributed by atoms with Gasteiger partial charge in [0.2, 0.25) is 0 Å². The summed E-state index contributed by atoms with van der Waals surface area (Å²) in [7, 11) is 1.74. The lowest BCUT2D eigenvalue weighted by molar-refractivity contribution is 0.406. The van der Waals surface area contributed by atoms with Crippen LogP contribution in [0.15, 0.2) is 18.2 Å². The predicted octanol–water partition coefficient (Wildman–Crippen LogP) is 3.46. The Balaban J connectivity index is 2.96. The summed E-state index contributed by atoms with van der Waals surface area (Å²) in [6.45, 7) is 6.65. The molecule has 1 aromatic rings. The largest absolute Gasteiger partial charge is 0.496 e. The molecule has 0 unspecified atom stereocenters. The predicted molar refractivity (Wildman–Crippen MR) is 60.9 cm³/mol. The van der Waals surface area contributed by atoms with Crippen LogP contribution in [0.25, 0.3) is 0 Å². The second-order valence-corrected chi connectivity index (χ2v) is 4.10. The second-order valence-electron chi connectivity index (χ2n) is 4.10. The van der Waals surface area contributed by atoms with Crippen molar-refractivity contribution >= 4 is 0 Å². The number of rotatable bonds is 4. The van der Waals surface area contributed by atoms with E-state index < -0.39 is 0 Å². The molecule has 1 rings (SSSR count). The van der Waals surface area contributed by atoms with Crippen LogP contribution in [0.4, 0.5) is 0 Å². The molecule has 0 aromatic heterocycles. The van der Waals surface area contributed by atoms with Gasteiger partial charge in [-0.05, 0) is 36.0 Å². The summed E-state index contributed by atoms with van der Waals surface area (Å²) in [4.78, 5) is 0. The Labute approximate surface area is 87.1 Å². The monoisotopic (exact) mass is 192 g/mol. The van der Waals surface area contributed by atoms with Crippen LogP contribution in [0, 0.1) is 5.92 Å². The molecule has 14 heavy (non-hydrogen) atoms. The zero-order valence-corrected chi connectivity index (χ0v) is 9.63. The standard InChI is InChI=1S/C13H20O/c1-5-11-6-7-13(14-4)12(9-11)8-10(2)3/h6-7,9-10H,5,8H2,1-4H3. The van der Waals surface area contributed by atoms with Gasteiger partial charge >= 0.3 is 0 Å². The summed E-state index contributed by atoms with van der Waals surface area (Å²) in [5, 5.41) is 0. The molecule has 0 aliphatic heterocycles. The van der Waals surface area contributed by atoms with Crippen molar-refractivity contribution in [3.63, 3.8) is 0 Å². The Morgan fingerprint density at radius 1 is 1.29 bits per heavy atom. The smallest absolute Gasteiger partial charge is 0.122 e. The average Bonchev–Trinajstić information content (AvgIpc) is 2.16. The second kappa shape index (κ2) is 5.04. The Morgan fingerprint density at radius 3 is 2.50 bits per heavy atom. The van der Waals surface area contributed by atoms with E-state index in [9.17, 15) is 0 Å². The van der Waals surface area contributed by atoms with E-state index in [2.05, 4.69) is 39.0 Å². The van der Waals surface area contributed by atoms with E-state index in [0.29, 0.717) is 5.92 Å². The molecule has 1 nitrogen and oxygen atoms in total. The minimum atomic E-state index is 0.677. The fraction of sp³-hybridized carbons (Fsp3) is 0.538. The van der Waals surface area contributed by atoms with Crippen molar-refractivity contribution in [3.05, 3.63) is 29.3 Å². The van der Waals surface area contributed by atoms with Gasteiger partial charge in [0.1, 0.15) is 5.75 Å². The van der Waals surface area contributed by atoms with Gasteiger partial charge in [-0.1, -0.05) is 32.9 Å². The number of methoxy groups -OCH3 is 1. The quantitative estimate of drug-likeness (QED) is 0.710. The summed E-state index contributed by atoms with van der Waals surface area (Å²) < 4.78 is 5.35. The van der Waals surface area contributed by atoms with Crippen molar-refractivity contribution in [3.8, 4) is 5.75 Å². The molecular weight excluding hydrogens is 172 g/mol. The van der Waals surface area contributed by atoms with Gasteiger partial charge in [0.05, 0.1) is 7.11 Å². The lowest BCUT2D eigenvalue weighted by Crippen LogP contribution is -1.98. The van der Waals surface area contributed by atoms with Crippen molar-refractivity contribution in [2.45, 2.75) is 33.6 Å². The number of hydrogen-bond donors (Lipinski definition) is 0. The van der Waals surface area contributed by atoms with E-state index in [1.807, 2.05) is 0 Å². The van der Waals surface area contributed by atoms with Crippen LogP contribution < -0.4 is 4.74 Å². The Hall–Kier alpha value is -0.980. The molecule has 78 valence electrons. The zero-order chi connectivity index (χ0) is 10.6. The molecule has 0 bridgehead atoms. The summed E-state index contributed by atoms with van der Waals surface area (Å²) in [5.41, 5.74) is 2.73. The highest BCUT2D eigenvalue weighted by atomic mass is 16.5. The highest BCUT2D eigenvalue weighted by Crippen LogP contribution is 2.23. The van der Waals surface area contributed by atoms with Crippen LogP contribution in [0.3, 0.4) is 0 Å². The first kappa shape index (κ1) is 11.1. The Bertz CT molecular complexity index is 289. The molecule has 0 saturated carbocycles. The highest BCUT2D eigenvalue weighted by Gasteiger charge is 2.05. The normalized spacial score (nSPS) is 10.6. The van der Waals surface area contributed by atoms with E-state index in [1.54, 1.807) is 7.11 Å². The van der Waals surface area contributed by atoms with Crippen molar-refractivity contribution in [1.29, 1.82) is 0 Å². The van der Waals surface area contributed by atoms with Gasteiger partial charge in [-0.25, -0.2) is 0 Å². The Kier molecular flexibility index (Phi) is 3.99. The first-order valence-electron chi connectivity index (χ1n) is 5.33. The average molecular weight is 192 g/mol. The van der Waals surface area contributed by atoms with Gasteiger partial charge in [0, 0.05) is 0 Å². The first-order valence-corrected chi connectivity index (χ1v) is 5.33. The molecule has 0 aliphatic carbocycles. The van der Waals surface area contributed by atoms with E-state index in [-0.39, 0.29) is 0 Å². The molecule has 0 N–H and O–H groups in total. The van der Waals surface area contributed by atoms with Crippen molar-refractivity contribution < 1.29 is 4.74 Å². The van der Waals surface area contributed by atoms with E-state index in [1.165, 1.54) is 11.1 Å². The van der Waals surface area contributed by atoms with Gasteiger partial charge in [-0.2, -0.15) is 0 Å². The van der Waals surface area contributed by atoms with E-state index in [4.69, 9.17) is 4.74 Å². The minimum Gasteiger partial charge on any atom is -0.496 e. The molecule has 1 heteroatoms. The number of ether oxygens (including phenoxy) is 1. The maximum atomic E-state index is 5.35. The summed E-state index contributed by atoms with van der Waals surface area (Å²) in [6.07, 6.45) is 2.19. The van der Waals surface area contributed by atoms with Gasteiger partial charge < -0.3 is 4.74 Å². The number of hydrogen-bond acceptors (Lipinski definition) is 1. The highest BCUT2D eigenvalue weighted by molar-refractivity contribution is 5.37. The van der Waals surface area contributed by atoms with E-state index in [0.717, 1.165) is 18.6 Å². The lowest BCUT2D eigenvalue weighted by atomic mass is 9.99.